The van der Waals surface area contributed by atoms with Crippen LogP contribution in [0.25, 0.3) is 0 Å². The lowest BCUT2D eigenvalue weighted by molar-refractivity contribution is 0.262. The van der Waals surface area contributed by atoms with Gasteiger partial charge < -0.3 is 5.32 Å². The molecule has 21 heavy (non-hydrogen) atoms. The molecule has 0 atom stereocenters. The van der Waals surface area contributed by atoms with Crippen LogP contribution < -0.4 is 16.2 Å². The third kappa shape index (κ3) is 3.96. The summed E-state index contributed by atoms with van der Waals surface area (Å²) in [4.78, 5) is 29.8. The number of hydrogen-bond donors (Lipinski definition) is 3. The van der Waals surface area contributed by atoms with Gasteiger partial charge in [0, 0.05) is 5.69 Å². The number of amides is 2. The lowest BCUT2D eigenvalue weighted by Gasteiger charge is -2.08. The zero-order valence-electron chi connectivity index (χ0n) is 10.6. The highest BCUT2D eigenvalue weighted by molar-refractivity contribution is 9.10. The number of urea groups is 1. The van der Waals surface area contributed by atoms with Crippen molar-refractivity contribution in [3.05, 3.63) is 48.8 Å². The summed E-state index contributed by atoms with van der Waals surface area (Å²) in [5.41, 5.74) is 0.536. The topological polar surface area (TPSA) is 86.9 Å². The van der Waals surface area contributed by atoms with Crippen molar-refractivity contribution in [1.82, 2.24) is 9.97 Å². The zero-order valence-corrected chi connectivity index (χ0v) is 13.7. The van der Waals surface area contributed by atoms with Crippen molar-refractivity contribution in [3.63, 3.8) is 0 Å². The van der Waals surface area contributed by atoms with Crippen molar-refractivity contribution in [1.29, 1.82) is 0 Å². The average Bonchev–Trinajstić information content (AvgIpc) is 2.40. The van der Waals surface area contributed by atoms with E-state index >= 15 is 0 Å². The van der Waals surface area contributed by atoms with Crippen molar-refractivity contribution >= 4 is 56.8 Å². The minimum Gasteiger partial charge on any atom is -0.308 e. The number of H-pyrrole nitrogens is 1. The molecular formula is C12H9BrCl2N4O2. The second-order valence-electron chi connectivity index (χ2n) is 4.02. The second kappa shape index (κ2) is 6.46. The van der Waals surface area contributed by atoms with Gasteiger partial charge in [0.2, 0.25) is 5.95 Å². The number of aromatic amines is 1. The van der Waals surface area contributed by atoms with E-state index in [-0.39, 0.29) is 11.5 Å². The SMILES string of the molecule is Cc1nc(NC(=O)Nc2ccc(Cl)c(Cl)c2)[nH]c(=O)c1Br. The first-order valence-corrected chi connectivity index (χ1v) is 7.21. The number of rotatable bonds is 2. The summed E-state index contributed by atoms with van der Waals surface area (Å²) in [5.74, 6) is 0.0401. The number of aryl methyl sites for hydroxylation is 1. The lowest BCUT2D eigenvalue weighted by atomic mass is 10.3. The van der Waals surface area contributed by atoms with E-state index in [1.807, 2.05) is 0 Å². The van der Waals surface area contributed by atoms with E-state index in [2.05, 4.69) is 36.5 Å². The van der Waals surface area contributed by atoms with E-state index in [1.54, 1.807) is 19.1 Å². The number of aromatic nitrogens is 2. The number of carbonyl (C=O) groups excluding carboxylic acids is 1. The van der Waals surface area contributed by atoms with Crippen LogP contribution in [0.2, 0.25) is 10.0 Å². The molecule has 6 nitrogen and oxygen atoms in total. The summed E-state index contributed by atoms with van der Waals surface area (Å²) >= 11 is 14.7. The van der Waals surface area contributed by atoms with Gasteiger partial charge >= 0.3 is 6.03 Å². The fraction of sp³-hybridized carbons (Fsp3) is 0.0833. The van der Waals surface area contributed by atoms with Gasteiger partial charge in [-0.3, -0.25) is 15.1 Å². The fourth-order valence-corrected chi connectivity index (χ4v) is 1.96. The Balaban J connectivity index is 2.11. The molecule has 1 aromatic heterocycles. The van der Waals surface area contributed by atoms with Gasteiger partial charge in [0.1, 0.15) is 4.47 Å². The van der Waals surface area contributed by atoms with Gasteiger partial charge in [0.15, 0.2) is 0 Å². The Morgan fingerprint density at radius 1 is 1.29 bits per heavy atom. The summed E-state index contributed by atoms with van der Waals surface area (Å²) in [7, 11) is 0. The first-order chi connectivity index (χ1) is 9.86. The van der Waals surface area contributed by atoms with Crippen molar-refractivity contribution in [2.45, 2.75) is 6.92 Å². The lowest BCUT2D eigenvalue weighted by Crippen LogP contribution is -2.23. The van der Waals surface area contributed by atoms with Crippen LogP contribution in [0.5, 0.6) is 0 Å². The largest absolute Gasteiger partial charge is 0.326 e. The Labute approximate surface area is 138 Å². The predicted molar refractivity (Wildman–Crippen MR) is 86.4 cm³/mol. The molecule has 0 saturated carbocycles. The third-order valence-electron chi connectivity index (χ3n) is 2.44. The zero-order chi connectivity index (χ0) is 15.6. The van der Waals surface area contributed by atoms with Crippen molar-refractivity contribution in [2.75, 3.05) is 10.6 Å². The molecule has 0 aliphatic heterocycles. The molecule has 0 bridgehead atoms. The molecule has 0 spiro atoms. The maximum atomic E-state index is 11.8. The van der Waals surface area contributed by atoms with E-state index in [0.29, 0.717) is 25.9 Å². The van der Waals surface area contributed by atoms with E-state index in [9.17, 15) is 9.59 Å². The number of halogens is 3. The Kier molecular flexibility index (Phi) is 4.87. The number of hydrogen-bond acceptors (Lipinski definition) is 3. The Morgan fingerprint density at radius 3 is 2.62 bits per heavy atom. The molecule has 2 rings (SSSR count). The second-order valence-corrected chi connectivity index (χ2v) is 5.63. The molecule has 0 unspecified atom stereocenters. The molecule has 2 aromatic rings. The molecule has 0 fully saturated rings. The first-order valence-electron chi connectivity index (χ1n) is 5.66. The molecule has 0 saturated heterocycles. The normalized spacial score (nSPS) is 10.3. The van der Waals surface area contributed by atoms with Gasteiger partial charge in [-0.15, -0.1) is 0 Å². The van der Waals surface area contributed by atoms with Gasteiger partial charge in [-0.2, -0.15) is 0 Å². The monoisotopic (exact) mass is 390 g/mol. The quantitative estimate of drug-likeness (QED) is 0.727. The van der Waals surface area contributed by atoms with Gasteiger partial charge in [-0.1, -0.05) is 23.2 Å². The fourth-order valence-electron chi connectivity index (χ4n) is 1.47. The summed E-state index contributed by atoms with van der Waals surface area (Å²) < 4.78 is 0.318. The molecule has 1 aromatic carbocycles. The molecule has 1 heterocycles. The third-order valence-corrected chi connectivity index (χ3v) is 4.11. The van der Waals surface area contributed by atoms with Crippen LogP contribution in [0, 0.1) is 6.92 Å². The Bertz CT molecular complexity index is 763. The van der Waals surface area contributed by atoms with Crippen LogP contribution in [-0.2, 0) is 0 Å². The summed E-state index contributed by atoms with van der Waals surface area (Å²) in [6, 6.07) is 4.09. The maximum Gasteiger partial charge on any atom is 0.326 e. The standard InChI is InChI=1S/C12H9BrCl2N4O2/c1-5-9(13)10(20)18-11(16-5)19-12(21)17-6-2-3-7(14)8(15)4-6/h2-4H,1H3,(H3,16,17,18,19,20,21). The number of anilines is 2. The van der Waals surface area contributed by atoms with Crippen LogP contribution in [0.4, 0.5) is 16.4 Å². The van der Waals surface area contributed by atoms with Crippen LogP contribution in [0.15, 0.2) is 27.5 Å². The molecule has 0 aliphatic carbocycles. The number of nitrogens with zero attached hydrogens (tertiary/aromatic N) is 1. The van der Waals surface area contributed by atoms with Gasteiger partial charge in [-0.05, 0) is 41.1 Å². The Hall–Kier alpha value is -1.57. The highest BCUT2D eigenvalue weighted by Gasteiger charge is 2.09. The van der Waals surface area contributed by atoms with Gasteiger partial charge in [0.25, 0.3) is 5.56 Å². The summed E-state index contributed by atoms with van der Waals surface area (Å²) in [6.45, 7) is 1.64. The van der Waals surface area contributed by atoms with E-state index in [0.717, 1.165) is 0 Å². The van der Waals surface area contributed by atoms with Crippen LogP contribution in [0.3, 0.4) is 0 Å². The maximum absolute atomic E-state index is 11.8. The van der Waals surface area contributed by atoms with E-state index < -0.39 is 6.03 Å². The average molecular weight is 392 g/mol. The van der Waals surface area contributed by atoms with E-state index in [1.165, 1.54) is 6.07 Å². The van der Waals surface area contributed by atoms with Crippen LogP contribution in [0.1, 0.15) is 5.69 Å². The summed E-state index contributed by atoms with van der Waals surface area (Å²) in [6.07, 6.45) is 0. The van der Waals surface area contributed by atoms with E-state index in [4.69, 9.17) is 23.2 Å². The number of nitrogens with one attached hydrogen (secondary N) is 3. The van der Waals surface area contributed by atoms with Crippen LogP contribution in [-0.4, -0.2) is 16.0 Å². The molecule has 9 heteroatoms. The van der Waals surface area contributed by atoms with Crippen molar-refractivity contribution in [2.24, 2.45) is 0 Å². The molecule has 3 N–H and O–H groups in total. The van der Waals surface area contributed by atoms with Gasteiger partial charge in [-0.25, -0.2) is 9.78 Å². The van der Waals surface area contributed by atoms with Crippen molar-refractivity contribution < 1.29 is 4.79 Å². The predicted octanol–water partition coefficient (Wildman–Crippen LogP) is 3.79. The summed E-state index contributed by atoms with van der Waals surface area (Å²) in [5, 5.41) is 5.67. The van der Waals surface area contributed by atoms with Crippen LogP contribution >= 0.6 is 39.1 Å². The smallest absolute Gasteiger partial charge is 0.308 e. The molecular weight excluding hydrogens is 383 g/mol. The molecule has 0 aliphatic rings. The van der Waals surface area contributed by atoms with Gasteiger partial charge in [0.05, 0.1) is 15.7 Å². The molecule has 110 valence electrons. The number of carbonyl (C=O) groups is 1. The molecule has 0 radical (unpaired) electrons. The minimum absolute atomic E-state index is 0.0401. The number of benzene rings is 1. The Morgan fingerprint density at radius 2 is 2.00 bits per heavy atom. The highest BCUT2D eigenvalue weighted by atomic mass is 79.9. The highest BCUT2D eigenvalue weighted by Crippen LogP contribution is 2.25. The first kappa shape index (κ1) is 15.8. The minimum atomic E-state index is -0.571. The molecule has 2 amide bonds. The van der Waals surface area contributed by atoms with Crippen molar-refractivity contribution in [3.8, 4) is 0 Å².